The molecule has 0 amide bonds. The van der Waals surface area contributed by atoms with Crippen LogP contribution in [0.3, 0.4) is 0 Å². The van der Waals surface area contributed by atoms with Crippen molar-refractivity contribution >= 4 is 0 Å². The van der Waals surface area contributed by atoms with Crippen LogP contribution in [-0.4, -0.2) is 52.5 Å². The highest BCUT2D eigenvalue weighted by molar-refractivity contribution is 4.82. The van der Waals surface area contributed by atoms with Gasteiger partial charge in [-0.15, -0.1) is 10.0 Å². The van der Waals surface area contributed by atoms with Gasteiger partial charge in [-0.3, -0.25) is 0 Å². The largest absolute Gasteiger partial charge is 0.164 e. The van der Waals surface area contributed by atoms with Crippen LogP contribution in [0.4, 0.5) is 0 Å². The zero-order valence-electron chi connectivity index (χ0n) is 16.0. The Kier molecular flexibility index (Phi) is 6.03. The van der Waals surface area contributed by atoms with Gasteiger partial charge in [-0.25, -0.2) is 0 Å². The van der Waals surface area contributed by atoms with Gasteiger partial charge in [-0.2, -0.15) is 4.70 Å². The Morgan fingerprint density at radius 2 is 1.13 bits per heavy atom. The molecule has 0 bridgehead atoms. The Morgan fingerprint density at radius 1 is 0.652 bits per heavy atom. The molecule has 0 aromatic rings. The first-order chi connectivity index (χ1) is 11.3. The predicted molar refractivity (Wildman–Crippen MR) is 97.7 cm³/mol. The number of hydrogen-bond acceptors (Lipinski definition) is 2. The van der Waals surface area contributed by atoms with E-state index < -0.39 is 0 Å². The van der Waals surface area contributed by atoms with E-state index >= 15 is 0 Å². The third-order valence-corrected chi connectivity index (χ3v) is 6.88. The number of hydrogen-bond donors (Lipinski definition) is 0. The topological polar surface area (TPSA) is 6.48 Å². The summed E-state index contributed by atoms with van der Waals surface area (Å²) in [5.74, 6) is 0. The molecular weight excluding hydrogens is 282 g/mol. The average molecular weight is 323 g/mol. The second kappa shape index (κ2) is 7.84. The number of rotatable bonds is 8. The molecule has 0 heterocycles. The van der Waals surface area contributed by atoms with Crippen molar-refractivity contribution in [3.8, 4) is 0 Å². The van der Waals surface area contributed by atoms with Gasteiger partial charge in [0.05, 0.1) is 12.1 Å². The first-order valence-corrected chi connectivity index (χ1v) is 10.7. The molecule has 3 saturated carbocycles. The zero-order valence-corrected chi connectivity index (χ0v) is 16.0. The summed E-state index contributed by atoms with van der Waals surface area (Å²) in [6.45, 7) is 11.0. The molecule has 3 aliphatic rings. The minimum absolute atomic E-state index is 0.828. The van der Waals surface area contributed by atoms with E-state index in [2.05, 4.69) is 30.8 Å². The lowest BCUT2D eigenvalue weighted by atomic mass is 9.94. The van der Waals surface area contributed by atoms with Gasteiger partial charge in [0, 0.05) is 25.9 Å². The summed E-state index contributed by atoms with van der Waals surface area (Å²) in [5.41, 5.74) is 0. The molecule has 3 heteroatoms. The van der Waals surface area contributed by atoms with Gasteiger partial charge in [0.1, 0.15) is 12.6 Å². The number of quaternary nitrogens is 1. The van der Waals surface area contributed by atoms with Gasteiger partial charge < -0.3 is 0 Å². The normalized spacial score (nSPS) is 27.0. The van der Waals surface area contributed by atoms with E-state index in [1.54, 1.807) is 0 Å². The molecule has 0 saturated heterocycles. The summed E-state index contributed by atoms with van der Waals surface area (Å²) < 4.78 is 1.21. The monoisotopic (exact) mass is 322 g/mol. The Morgan fingerprint density at radius 3 is 1.57 bits per heavy atom. The molecule has 3 nitrogen and oxygen atoms in total. The Hall–Kier alpha value is -0.120. The molecule has 3 fully saturated rings. The van der Waals surface area contributed by atoms with Crippen LogP contribution in [-0.2, 0) is 0 Å². The summed E-state index contributed by atoms with van der Waals surface area (Å²) in [7, 11) is 0. The van der Waals surface area contributed by atoms with Crippen molar-refractivity contribution in [2.24, 2.45) is 0 Å². The summed E-state index contributed by atoms with van der Waals surface area (Å²) in [6.07, 6.45) is 15.9. The second-order valence-corrected chi connectivity index (χ2v) is 8.07. The van der Waals surface area contributed by atoms with Crippen molar-refractivity contribution in [2.75, 3.05) is 19.6 Å². The van der Waals surface area contributed by atoms with Crippen molar-refractivity contribution in [3.63, 3.8) is 0 Å². The van der Waals surface area contributed by atoms with E-state index in [1.165, 1.54) is 95.0 Å². The van der Waals surface area contributed by atoms with Crippen LogP contribution < -0.4 is 0 Å². The maximum absolute atomic E-state index is 2.95. The lowest BCUT2D eigenvalue weighted by Gasteiger charge is -2.57. The summed E-state index contributed by atoms with van der Waals surface area (Å²) in [6, 6.07) is 2.53. The standard InChI is InChI=1S/C20H40N3/c1-4-21(18-12-10-11-13-18)23(6-3,20-14-8-7-9-15-20)22(5-2)19-16-17-19/h18-20H,4-17H2,1-3H3/q+1. The lowest BCUT2D eigenvalue weighted by Crippen LogP contribution is -2.75. The van der Waals surface area contributed by atoms with Gasteiger partial charge in [0.2, 0.25) is 0 Å². The molecule has 0 aliphatic heterocycles. The van der Waals surface area contributed by atoms with Crippen LogP contribution in [0, 0.1) is 0 Å². The minimum atomic E-state index is 0.828. The van der Waals surface area contributed by atoms with E-state index in [9.17, 15) is 0 Å². The van der Waals surface area contributed by atoms with Crippen molar-refractivity contribution < 1.29 is 4.70 Å². The fourth-order valence-corrected chi connectivity index (χ4v) is 5.83. The fourth-order valence-electron chi connectivity index (χ4n) is 5.83. The summed E-state index contributed by atoms with van der Waals surface area (Å²) in [4.78, 5) is 0. The van der Waals surface area contributed by atoms with E-state index in [0.29, 0.717) is 0 Å². The van der Waals surface area contributed by atoms with Crippen molar-refractivity contribution in [1.29, 1.82) is 0 Å². The Bertz CT molecular complexity index is 356. The lowest BCUT2D eigenvalue weighted by molar-refractivity contribution is -1.15. The molecule has 0 N–H and O–H groups in total. The highest BCUT2D eigenvalue weighted by Gasteiger charge is 2.53. The van der Waals surface area contributed by atoms with E-state index in [1.807, 2.05) is 0 Å². The van der Waals surface area contributed by atoms with Crippen molar-refractivity contribution in [1.82, 2.24) is 10.0 Å². The van der Waals surface area contributed by atoms with Crippen LogP contribution in [0.25, 0.3) is 0 Å². The molecule has 0 spiro atoms. The van der Waals surface area contributed by atoms with Crippen LogP contribution in [0.1, 0.15) is 91.4 Å². The first-order valence-electron chi connectivity index (χ1n) is 10.7. The zero-order chi connectivity index (χ0) is 16.3. The van der Waals surface area contributed by atoms with Gasteiger partial charge in [0.15, 0.2) is 0 Å². The number of nitrogens with zero attached hydrogens (tertiary/aromatic N) is 3. The van der Waals surface area contributed by atoms with Gasteiger partial charge in [-0.1, -0.05) is 19.3 Å². The molecule has 3 aliphatic carbocycles. The Labute approximate surface area is 144 Å². The van der Waals surface area contributed by atoms with Crippen LogP contribution in [0.2, 0.25) is 0 Å². The molecule has 0 aromatic heterocycles. The maximum Gasteiger partial charge on any atom is 0.125 e. The highest BCUT2D eigenvalue weighted by atomic mass is 16.0. The summed E-state index contributed by atoms with van der Waals surface area (Å²) >= 11 is 0. The molecule has 3 rings (SSSR count). The molecule has 0 aromatic carbocycles. The molecular formula is C20H40N3+. The van der Waals surface area contributed by atoms with Crippen molar-refractivity contribution in [2.45, 2.75) is 110 Å². The minimum Gasteiger partial charge on any atom is -0.164 e. The van der Waals surface area contributed by atoms with Crippen LogP contribution in [0.15, 0.2) is 0 Å². The second-order valence-electron chi connectivity index (χ2n) is 8.07. The van der Waals surface area contributed by atoms with Crippen LogP contribution in [0.5, 0.6) is 0 Å². The van der Waals surface area contributed by atoms with Crippen LogP contribution >= 0.6 is 0 Å². The maximum atomic E-state index is 2.95. The quantitative estimate of drug-likeness (QED) is 0.470. The Balaban J connectivity index is 1.94. The van der Waals surface area contributed by atoms with Crippen molar-refractivity contribution in [3.05, 3.63) is 0 Å². The summed E-state index contributed by atoms with van der Waals surface area (Å²) in [5, 5.41) is 5.86. The molecule has 1 unspecified atom stereocenters. The van der Waals surface area contributed by atoms with E-state index in [0.717, 1.165) is 18.1 Å². The van der Waals surface area contributed by atoms with E-state index in [4.69, 9.17) is 0 Å². The predicted octanol–water partition coefficient (Wildman–Crippen LogP) is 4.73. The van der Waals surface area contributed by atoms with Gasteiger partial charge in [0.25, 0.3) is 0 Å². The van der Waals surface area contributed by atoms with E-state index in [-0.39, 0.29) is 0 Å². The average Bonchev–Trinajstić information content (AvgIpc) is 3.29. The molecule has 134 valence electrons. The van der Waals surface area contributed by atoms with Gasteiger partial charge in [-0.05, 0) is 59.3 Å². The molecule has 23 heavy (non-hydrogen) atoms. The smallest absolute Gasteiger partial charge is 0.125 e. The third-order valence-electron chi connectivity index (χ3n) is 6.88. The van der Waals surface area contributed by atoms with Gasteiger partial charge >= 0.3 is 0 Å². The fraction of sp³-hybridized carbons (Fsp3) is 1.00. The first kappa shape index (κ1) is 17.7. The SMILES string of the molecule is CCN(C1CCCC1)[N+](CC)(C1CCCCC1)N(CC)C1CC1. The third kappa shape index (κ3) is 3.34. The highest BCUT2D eigenvalue weighted by Crippen LogP contribution is 2.41. The molecule has 0 radical (unpaired) electrons. The molecule has 1 atom stereocenters.